The van der Waals surface area contributed by atoms with E-state index >= 15 is 0 Å². The zero-order valence-corrected chi connectivity index (χ0v) is 12.1. The number of carboxylic acid groups (broad SMARTS) is 1. The highest BCUT2D eigenvalue weighted by Crippen LogP contribution is 2.13. The number of carboxylic acids is 1. The van der Waals surface area contributed by atoms with E-state index in [2.05, 4.69) is 12.2 Å². The van der Waals surface area contributed by atoms with Gasteiger partial charge in [-0.25, -0.2) is 0 Å². The van der Waals surface area contributed by atoms with Gasteiger partial charge in [-0.1, -0.05) is 32.6 Å². The van der Waals surface area contributed by atoms with Crippen molar-refractivity contribution >= 4 is 17.8 Å². The highest BCUT2D eigenvalue weighted by atomic mass is 16.4. The van der Waals surface area contributed by atoms with Gasteiger partial charge in [0.05, 0.1) is 6.42 Å². The number of hydrogen-bond donors (Lipinski definition) is 2. The number of nitrogens with one attached hydrogen (secondary N) is 1. The Balaban J connectivity index is 2.46. The van der Waals surface area contributed by atoms with Gasteiger partial charge in [-0.05, 0) is 6.42 Å². The van der Waals surface area contributed by atoms with Crippen LogP contribution in [0.5, 0.6) is 0 Å². The van der Waals surface area contributed by atoms with Crippen LogP contribution in [0.1, 0.15) is 51.9 Å². The summed E-state index contributed by atoms with van der Waals surface area (Å²) in [5.74, 6) is -1.53. The molecule has 0 spiro atoms. The average molecular weight is 284 g/mol. The lowest BCUT2D eigenvalue weighted by atomic mass is 10.1. The average Bonchev–Trinajstić information content (AvgIpc) is 2.40. The molecule has 0 bridgehead atoms. The molecule has 1 unspecified atom stereocenters. The second kappa shape index (κ2) is 8.55. The van der Waals surface area contributed by atoms with Crippen molar-refractivity contribution in [2.75, 3.05) is 13.1 Å². The molecule has 6 nitrogen and oxygen atoms in total. The molecule has 1 atom stereocenters. The number of hydrogen-bond acceptors (Lipinski definition) is 3. The Morgan fingerprint density at radius 3 is 2.65 bits per heavy atom. The summed E-state index contributed by atoms with van der Waals surface area (Å²) >= 11 is 0. The smallest absolute Gasteiger partial charge is 0.305 e. The van der Waals surface area contributed by atoms with Gasteiger partial charge in [0.15, 0.2) is 0 Å². The standard InChI is InChI=1S/C14H24N2O4/c1-2-3-4-5-6-7-12(17)16-9-8-15-14(20)11(16)10-13(18)19/h11H,2-10H2,1H3,(H,15,20)(H,18,19). The summed E-state index contributed by atoms with van der Waals surface area (Å²) in [4.78, 5) is 36.0. The van der Waals surface area contributed by atoms with E-state index in [4.69, 9.17) is 5.11 Å². The molecule has 1 fully saturated rings. The Morgan fingerprint density at radius 2 is 2.00 bits per heavy atom. The number of rotatable bonds is 8. The minimum atomic E-state index is -1.06. The Kier molecular flexibility index (Phi) is 7.04. The molecule has 0 aliphatic carbocycles. The van der Waals surface area contributed by atoms with Gasteiger partial charge in [0.25, 0.3) is 0 Å². The first-order valence-corrected chi connectivity index (χ1v) is 7.35. The van der Waals surface area contributed by atoms with E-state index < -0.39 is 12.0 Å². The molecular weight excluding hydrogens is 260 g/mol. The summed E-state index contributed by atoms with van der Waals surface area (Å²) in [6.45, 7) is 2.93. The van der Waals surface area contributed by atoms with Crippen molar-refractivity contribution in [1.82, 2.24) is 10.2 Å². The van der Waals surface area contributed by atoms with Crippen LogP contribution in [0, 0.1) is 0 Å². The third-order valence-electron chi connectivity index (χ3n) is 3.51. The molecule has 6 heteroatoms. The van der Waals surface area contributed by atoms with Crippen LogP contribution < -0.4 is 5.32 Å². The van der Waals surface area contributed by atoms with Gasteiger partial charge >= 0.3 is 5.97 Å². The maximum atomic E-state index is 12.1. The van der Waals surface area contributed by atoms with Crippen molar-refractivity contribution < 1.29 is 19.5 Å². The van der Waals surface area contributed by atoms with Crippen LogP contribution in [0.4, 0.5) is 0 Å². The minimum absolute atomic E-state index is 0.109. The molecule has 20 heavy (non-hydrogen) atoms. The van der Waals surface area contributed by atoms with E-state index in [1.54, 1.807) is 0 Å². The number of aliphatic carboxylic acids is 1. The monoisotopic (exact) mass is 284 g/mol. The Morgan fingerprint density at radius 1 is 1.30 bits per heavy atom. The lowest BCUT2D eigenvalue weighted by Gasteiger charge is -2.34. The van der Waals surface area contributed by atoms with Crippen molar-refractivity contribution in [3.63, 3.8) is 0 Å². The SMILES string of the molecule is CCCCCCCC(=O)N1CCNC(=O)C1CC(=O)O. The number of carbonyl (C=O) groups excluding carboxylic acids is 2. The summed E-state index contributed by atoms with van der Waals surface area (Å²) < 4.78 is 0. The summed E-state index contributed by atoms with van der Waals surface area (Å²) in [5.41, 5.74) is 0. The molecule has 1 saturated heterocycles. The van der Waals surface area contributed by atoms with Crippen LogP contribution >= 0.6 is 0 Å². The molecule has 0 saturated carbocycles. The maximum Gasteiger partial charge on any atom is 0.305 e. The van der Waals surface area contributed by atoms with E-state index in [0.29, 0.717) is 19.5 Å². The van der Waals surface area contributed by atoms with E-state index in [9.17, 15) is 14.4 Å². The zero-order valence-electron chi connectivity index (χ0n) is 12.1. The Hall–Kier alpha value is -1.59. The zero-order chi connectivity index (χ0) is 15.0. The lowest BCUT2D eigenvalue weighted by molar-refractivity contribution is -0.148. The Labute approximate surface area is 119 Å². The van der Waals surface area contributed by atoms with Crippen molar-refractivity contribution in [2.45, 2.75) is 57.9 Å². The number of unbranched alkanes of at least 4 members (excludes halogenated alkanes) is 4. The lowest BCUT2D eigenvalue weighted by Crippen LogP contribution is -2.57. The normalized spacial score (nSPS) is 18.8. The van der Waals surface area contributed by atoms with Crippen LogP contribution in [-0.2, 0) is 14.4 Å². The van der Waals surface area contributed by atoms with Crippen LogP contribution in [0.3, 0.4) is 0 Å². The molecule has 1 aliphatic heterocycles. The number of piperazine rings is 1. The van der Waals surface area contributed by atoms with E-state index in [1.807, 2.05) is 0 Å². The highest BCUT2D eigenvalue weighted by molar-refractivity contribution is 5.91. The largest absolute Gasteiger partial charge is 0.481 e. The third kappa shape index (κ3) is 5.19. The van der Waals surface area contributed by atoms with Gasteiger partial charge in [-0.2, -0.15) is 0 Å². The molecule has 2 amide bonds. The minimum Gasteiger partial charge on any atom is -0.481 e. The number of amides is 2. The predicted molar refractivity (Wildman–Crippen MR) is 74.1 cm³/mol. The molecular formula is C14H24N2O4. The van der Waals surface area contributed by atoms with Gasteiger partial charge in [-0.3, -0.25) is 14.4 Å². The fraction of sp³-hybridized carbons (Fsp3) is 0.786. The quantitative estimate of drug-likeness (QED) is 0.655. The first kappa shape index (κ1) is 16.5. The van der Waals surface area contributed by atoms with Crippen molar-refractivity contribution in [3.8, 4) is 0 Å². The van der Waals surface area contributed by atoms with Gasteiger partial charge < -0.3 is 15.3 Å². The molecule has 0 aromatic carbocycles. The Bertz CT molecular complexity index is 357. The fourth-order valence-corrected chi connectivity index (χ4v) is 2.40. The topological polar surface area (TPSA) is 86.7 Å². The van der Waals surface area contributed by atoms with Crippen LogP contribution in [0.2, 0.25) is 0 Å². The number of nitrogens with zero attached hydrogens (tertiary/aromatic N) is 1. The molecule has 1 aliphatic rings. The van der Waals surface area contributed by atoms with Crippen LogP contribution in [-0.4, -0.2) is 46.9 Å². The molecule has 114 valence electrons. The van der Waals surface area contributed by atoms with Gasteiger partial charge in [0, 0.05) is 19.5 Å². The summed E-state index contributed by atoms with van der Waals surface area (Å²) in [5, 5.41) is 11.4. The van der Waals surface area contributed by atoms with Crippen LogP contribution in [0.25, 0.3) is 0 Å². The molecule has 0 aromatic heterocycles. The first-order chi connectivity index (χ1) is 9.56. The van der Waals surface area contributed by atoms with Gasteiger partial charge in [0.1, 0.15) is 6.04 Å². The third-order valence-corrected chi connectivity index (χ3v) is 3.51. The van der Waals surface area contributed by atoms with Crippen molar-refractivity contribution in [3.05, 3.63) is 0 Å². The molecule has 2 N–H and O–H groups in total. The molecule has 0 radical (unpaired) electrons. The summed E-state index contributed by atoms with van der Waals surface area (Å²) in [6, 6.07) is -0.857. The van der Waals surface area contributed by atoms with E-state index in [0.717, 1.165) is 25.7 Å². The highest BCUT2D eigenvalue weighted by Gasteiger charge is 2.34. The van der Waals surface area contributed by atoms with Crippen molar-refractivity contribution in [1.29, 1.82) is 0 Å². The second-order valence-corrected chi connectivity index (χ2v) is 5.16. The maximum absolute atomic E-state index is 12.1. The molecule has 1 rings (SSSR count). The molecule has 0 aromatic rings. The first-order valence-electron chi connectivity index (χ1n) is 7.35. The van der Waals surface area contributed by atoms with Gasteiger partial charge in [-0.15, -0.1) is 0 Å². The number of carbonyl (C=O) groups is 3. The van der Waals surface area contributed by atoms with Crippen LogP contribution in [0.15, 0.2) is 0 Å². The summed E-state index contributed by atoms with van der Waals surface area (Å²) in [6.07, 6.45) is 5.31. The molecule has 1 heterocycles. The predicted octanol–water partition coefficient (Wildman–Crippen LogP) is 1.15. The second-order valence-electron chi connectivity index (χ2n) is 5.16. The van der Waals surface area contributed by atoms with Gasteiger partial charge in [0.2, 0.25) is 11.8 Å². The van der Waals surface area contributed by atoms with Crippen molar-refractivity contribution in [2.24, 2.45) is 0 Å². The fourth-order valence-electron chi connectivity index (χ4n) is 2.40. The van der Waals surface area contributed by atoms with E-state index in [-0.39, 0.29) is 18.2 Å². The summed E-state index contributed by atoms with van der Waals surface area (Å²) in [7, 11) is 0. The van der Waals surface area contributed by atoms with E-state index in [1.165, 1.54) is 11.3 Å².